The lowest BCUT2D eigenvalue weighted by molar-refractivity contribution is 0.328. The van der Waals surface area contributed by atoms with Crippen molar-refractivity contribution in [2.75, 3.05) is 13.7 Å². The van der Waals surface area contributed by atoms with Crippen LogP contribution in [0.2, 0.25) is 0 Å². The number of aromatic nitrogens is 4. The highest BCUT2D eigenvalue weighted by Crippen LogP contribution is 2.31. The summed E-state index contributed by atoms with van der Waals surface area (Å²) in [5, 5.41) is 4.13. The van der Waals surface area contributed by atoms with Crippen LogP contribution in [0.4, 0.5) is 0 Å². The molecule has 0 aliphatic heterocycles. The number of rotatable bonds is 6. The van der Waals surface area contributed by atoms with E-state index in [0.717, 1.165) is 22.4 Å². The minimum absolute atomic E-state index is 0.562. The highest BCUT2D eigenvalue weighted by atomic mass is 16.5. The Morgan fingerprint density at radius 1 is 1.22 bits per heavy atom. The van der Waals surface area contributed by atoms with Crippen LogP contribution < -0.4 is 9.47 Å². The van der Waals surface area contributed by atoms with E-state index in [2.05, 4.69) is 21.1 Å². The van der Waals surface area contributed by atoms with E-state index in [1.54, 1.807) is 24.3 Å². The molecule has 23 heavy (non-hydrogen) atoms. The van der Waals surface area contributed by atoms with Crippen molar-refractivity contribution in [3.8, 4) is 22.8 Å². The second-order valence-corrected chi connectivity index (χ2v) is 4.95. The number of methoxy groups -OCH3 is 1. The van der Waals surface area contributed by atoms with E-state index >= 15 is 0 Å². The van der Waals surface area contributed by atoms with Crippen molar-refractivity contribution in [1.29, 1.82) is 0 Å². The monoisotopic (exact) mass is 310 g/mol. The third-order valence-electron chi connectivity index (χ3n) is 3.38. The molecular weight excluding hydrogens is 292 g/mol. The molecule has 0 radical (unpaired) electrons. The predicted molar refractivity (Wildman–Crippen MR) is 86.5 cm³/mol. The fraction of sp³-hybridized carbons (Fsp3) is 0.235. The first kappa shape index (κ1) is 15.0. The van der Waals surface area contributed by atoms with Gasteiger partial charge in [0.15, 0.2) is 0 Å². The van der Waals surface area contributed by atoms with Gasteiger partial charge in [-0.2, -0.15) is 5.10 Å². The molecule has 1 aromatic carbocycles. The van der Waals surface area contributed by atoms with Crippen LogP contribution in [0.5, 0.6) is 11.6 Å². The van der Waals surface area contributed by atoms with Gasteiger partial charge in [0.1, 0.15) is 18.4 Å². The van der Waals surface area contributed by atoms with Gasteiger partial charge in [0, 0.05) is 11.8 Å². The summed E-state index contributed by atoms with van der Waals surface area (Å²) in [4.78, 5) is 8.42. The molecule has 0 spiro atoms. The average molecular weight is 310 g/mol. The molecule has 0 atom stereocenters. The summed E-state index contributed by atoms with van der Waals surface area (Å²) in [6.45, 7) is 3.11. The van der Waals surface area contributed by atoms with E-state index in [4.69, 9.17) is 9.47 Å². The fourth-order valence-electron chi connectivity index (χ4n) is 2.33. The van der Waals surface area contributed by atoms with Crippen molar-refractivity contribution in [2.24, 2.45) is 0 Å². The molecule has 0 unspecified atom stereocenters. The van der Waals surface area contributed by atoms with E-state index in [-0.39, 0.29) is 0 Å². The van der Waals surface area contributed by atoms with Crippen LogP contribution >= 0.6 is 0 Å². The van der Waals surface area contributed by atoms with E-state index < -0.39 is 0 Å². The minimum atomic E-state index is 0.562. The number of hydrogen-bond acceptors (Lipinski definition) is 5. The smallest absolute Gasteiger partial charge is 0.221 e. The highest BCUT2D eigenvalue weighted by molar-refractivity contribution is 5.70. The van der Waals surface area contributed by atoms with Crippen molar-refractivity contribution in [3.05, 3.63) is 54.7 Å². The topological polar surface area (TPSA) is 62.1 Å². The lowest BCUT2D eigenvalue weighted by Crippen LogP contribution is -2.03. The second-order valence-electron chi connectivity index (χ2n) is 4.95. The minimum Gasteiger partial charge on any atom is -0.497 e. The Balaban J connectivity index is 2.00. The molecule has 6 nitrogen and oxygen atoms in total. The zero-order valence-corrected chi connectivity index (χ0v) is 13.1. The van der Waals surface area contributed by atoms with Gasteiger partial charge in [-0.3, -0.25) is 0 Å². The molecule has 2 heterocycles. The summed E-state index contributed by atoms with van der Waals surface area (Å²) in [5.74, 6) is 1.41. The zero-order valence-electron chi connectivity index (χ0n) is 13.1. The molecule has 0 saturated carbocycles. The normalized spacial score (nSPS) is 10.5. The summed E-state index contributed by atoms with van der Waals surface area (Å²) < 4.78 is 12.7. The first-order valence-electron chi connectivity index (χ1n) is 7.38. The third-order valence-corrected chi connectivity index (χ3v) is 3.38. The average Bonchev–Trinajstić information content (AvgIpc) is 3.09. The van der Waals surface area contributed by atoms with E-state index in [9.17, 15) is 0 Å². The van der Waals surface area contributed by atoms with Crippen molar-refractivity contribution >= 4 is 0 Å². The van der Waals surface area contributed by atoms with E-state index in [1.165, 1.54) is 6.33 Å². The maximum absolute atomic E-state index is 5.67. The van der Waals surface area contributed by atoms with Crippen molar-refractivity contribution in [1.82, 2.24) is 19.7 Å². The summed E-state index contributed by atoms with van der Waals surface area (Å²) in [7, 11) is 1.65. The molecule has 118 valence electrons. The van der Waals surface area contributed by atoms with E-state index in [1.807, 2.05) is 31.2 Å². The standard InChI is InChI=1S/C17H18N4O2/c1-3-23-17-16(14-5-4-6-15(8-14)22-2)7-13(9-19-17)10-21-12-18-11-20-21/h4-9,11-12H,3,10H2,1-2H3. The molecule has 0 aliphatic rings. The number of pyridine rings is 1. The number of benzene rings is 1. The van der Waals surface area contributed by atoms with Gasteiger partial charge in [0.05, 0.1) is 20.3 Å². The molecule has 0 saturated heterocycles. The second kappa shape index (κ2) is 6.91. The van der Waals surface area contributed by atoms with Crippen LogP contribution in [0.1, 0.15) is 12.5 Å². The van der Waals surface area contributed by atoms with Crippen LogP contribution in [0.15, 0.2) is 49.2 Å². The summed E-state index contributed by atoms with van der Waals surface area (Å²) >= 11 is 0. The van der Waals surface area contributed by atoms with Gasteiger partial charge in [-0.1, -0.05) is 12.1 Å². The van der Waals surface area contributed by atoms with Crippen molar-refractivity contribution in [3.63, 3.8) is 0 Å². The molecule has 6 heteroatoms. The highest BCUT2D eigenvalue weighted by Gasteiger charge is 2.11. The summed E-state index contributed by atoms with van der Waals surface area (Å²) in [6.07, 6.45) is 5.00. The Morgan fingerprint density at radius 2 is 2.13 bits per heavy atom. The largest absolute Gasteiger partial charge is 0.497 e. The first-order valence-corrected chi connectivity index (χ1v) is 7.38. The van der Waals surface area contributed by atoms with Gasteiger partial charge in [-0.05, 0) is 36.2 Å². The maximum Gasteiger partial charge on any atom is 0.221 e. The van der Waals surface area contributed by atoms with Crippen LogP contribution in [-0.4, -0.2) is 33.5 Å². The van der Waals surface area contributed by atoms with E-state index in [0.29, 0.717) is 19.0 Å². The molecule has 0 aliphatic carbocycles. The maximum atomic E-state index is 5.67. The van der Waals surface area contributed by atoms with Crippen LogP contribution in [0.3, 0.4) is 0 Å². The Kier molecular flexibility index (Phi) is 4.52. The van der Waals surface area contributed by atoms with Crippen LogP contribution in [0, 0.1) is 0 Å². The van der Waals surface area contributed by atoms with Gasteiger partial charge < -0.3 is 9.47 Å². The molecule has 0 amide bonds. The molecule has 3 rings (SSSR count). The Labute approximate surface area is 134 Å². The first-order chi connectivity index (χ1) is 11.3. The number of hydrogen-bond donors (Lipinski definition) is 0. The van der Waals surface area contributed by atoms with Crippen LogP contribution in [0.25, 0.3) is 11.1 Å². The SMILES string of the molecule is CCOc1ncc(Cn2cncn2)cc1-c1cccc(OC)c1. The van der Waals surface area contributed by atoms with Gasteiger partial charge in [0.25, 0.3) is 0 Å². The Hall–Kier alpha value is -2.89. The van der Waals surface area contributed by atoms with Gasteiger partial charge in [0.2, 0.25) is 5.88 Å². The fourth-order valence-corrected chi connectivity index (χ4v) is 2.33. The zero-order chi connectivity index (χ0) is 16.1. The number of nitrogens with zero attached hydrogens (tertiary/aromatic N) is 4. The lowest BCUT2D eigenvalue weighted by Gasteiger charge is -2.12. The Bertz CT molecular complexity index is 772. The number of ether oxygens (including phenoxy) is 2. The van der Waals surface area contributed by atoms with Gasteiger partial charge in [-0.15, -0.1) is 0 Å². The summed E-state index contributed by atoms with van der Waals surface area (Å²) in [5.41, 5.74) is 2.96. The van der Waals surface area contributed by atoms with Crippen LogP contribution in [-0.2, 0) is 6.54 Å². The Morgan fingerprint density at radius 3 is 2.87 bits per heavy atom. The van der Waals surface area contributed by atoms with Gasteiger partial charge >= 0.3 is 0 Å². The lowest BCUT2D eigenvalue weighted by atomic mass is 10.0. The van der Waals surface area contributed by atoms with Crippen molar-refractivity contribution < 1.29 is 9.47 Å². The molecule has 0 N–H and O–H groups in total. The molecule has 3 aromatic rings. The molecular formula is C17H18N4O2. The third kappa shape index (κ3) is 3.48. The molecule has 2 aromatic heterocycles. The summed E-state index contributed by atoms with van der Waals surface area (Å²) in [6, 6.07) is 9.92. The quantitative estimate of drug-likeness (QED) is 0.700. The molecule has 0 bridgehead atoms. The van der Waals surface area contributed by atoms with Crippen molar-refractivity contribution in [2.45, 2.75) is 13.5 Å². The molecule has 0 fully saturated rings. The van der Waals surface area contributed by atoms with Gasteiger partial charge in [-0.25, -0.2) is 14.6 Å². The predicted octanol–water partition coefficient (Wildman–Crippen LogP) is 2.80.